The molecule has 1 aliphatic rings. The van der Waals surface area contributed by atoms with Crippen LogP contribution in [0.25, 0.3) is 0 Å². The normalized spacial score (nSPS) is 22.1. The monoisotopic (exact) mass is 114 g/mol. The Kier molecular flexibility index (Phi) is 2.27. The summed E-state index contributed by atoms with van der Waals surface area (Å²) in [6.07, 6.45) is 1.35. The summed E-state index contributed by atoms with van der Waals surface area (Å²) in [5, 5.41) is 6.45. The Morgan fingerprint density at radius 2 is 2.00 bits per heavy atom. The number of hydrogen-bond donors (Lipinski definition) is 2. The van der Waals surface area contributed by atoms with Crippen LogP contribution in [-0.2, 0) is 0 Å². The molecule has 0 amide bonds. The van der Waals surface area contributed by atoms with Crippen LogP contribution in [0.5, 0.6) is 0 Å². The standard InChI is InChI=1S/C5H12N3/c6-2-1-5-7-3-4-8-5/h5-8H,1-4H2. The second-order valence-electron chi connectivity index (χ2n) is 2.00. The van der Waals surface area contributed by atoms with E-state index in [-0.39, 0.29) is 0 Å². The first kappa shape index (κ1) is 6.01. The summed E-state index contributed by atoms with van der Waals surface area (Å²) < 4.78 is 0. The topological polar surface area (TPSA) is 47.9 Å². The Balaban J connectivity index is 2.06. The van der Waals surface area contributed by atoms with E-state index in [1.807, 2.05) is 0 Å². The number of nitrogens with one attached hydrogen (secondary N) is 3. The maximum absolute atomic E-state index is 6.89. The van der Waals surface area contributed by atoms with Gasteiger partial charge in [-0.1, -0.05) is 0 Å². The molecule has 0 unspecified atom stereocenters. The van der Waals surface area contributed by atoms with E-state index in [0.29, 0.717) is 12.7 Å². The second kappa shape index (κ2) is 3.02. The molecular weight excluding hydrogens is 102 g/mol. The van der Waals surface area contributed by atoms with Gasteiger partial charge in [-0.3, -0.25) is 5.73 Å². The fraction of sp³-hybridized carbons (Fsp3) is 1.00. The molecule has 1 radical (unpaired) electrons. The van der Waals surface area contributed by atoms with Crippen molar-refractivity contribution in [2.24, 2.45) is 0 Å². The Hall–Kier alpha value is -0.120. The highest BCUT2D eigenvalue weighted by Crippen LogP contribution is 1.88. The first-order valence-corrected chi connectivity index (χ1v) is 3.05. The SMILES string of the molecule is [NH]CCC1NCCN1. The maximum atomic E-state index is 6.89. The molecule has 1 rings (SSSR count). The Bertz CT molecular complexity index is 58.7. The van der Waals surface area contributed by atoms with Gasteiger partial charge in [0.25, 0.3) is 0 Å². The van der Waals surface area contributed by atoms with E-state index in [4.69, 9.17) is 5.73 Å². The molecule has 0 aromatic heterocycles. The smallest absolute Gasteiger partial charge is 0.0585 e. The summed E-state index contributed by atoms with van der Waals surface area (Å²) in [5.41, 5.74) is 6.89. The van der Waals surface area contributed by atoms with Crippen molar-refractivity contribution in [3.05, 3.63) is 0 Å². The van der Waals surface area contributed by atoms with Crippen LogP contribution in [0.3, 0.4) is 0 Å². The third kappa shape index (κ3) is 1.43. The van der Waals surface area contributed by atoms with Gasteiger partial charge in [0.05, 0.1) is 6.17 Å². The summed E-state index contributed by atoms with van der Waals surface area (Å²) in [6.45, 7) is 2.64. The molecule has 0 aromatic carbocycles. The fourth-order valence-electron chi connectivity index (χ4n) is 0.913. The fourth-order valence-corrected chi connectivity index (χ4v) is 0.913. The van der Waals surface area contributed by atoms with Crippen molar-refractivity contribution >= 4 is 0 Å². The van der Waals surface area contributed by atoms with Crippen molar-refractivity contribution in [3.63, 3.8) is 0 Å². The molecule has 1 aliphatic heterocycles. The van der Waals surface area contributed by atoms with Crippen molar-refractivity contribution in [2.75, 3.05) is 19.6 Å². The van der Waals surface area contributed by atoms with Crippen LogP contribution in [0, 0.1) is 0 Å². The van der Waals surface area contributed by atoms with Crippen molar-refractivity contribution in [1.82, 2.24) is 16.4 Å². The van der Waals surface area contributed by atoms with Crippen molar-refractivity contribution in [3.8, 4) is 0 Å². The molecule has 1 fully saturated rings. The first-order chi connectivity index (χ1) is 3.93. The molecule has 8 heavy (non-hydrogen) atoms. The molecule has 0 atom stereocenters. The predicted octanol–water partition coefficient (Wildman–Crippen LogP) is -0.822. The lowest BCUT2D eigenvalue weighted by Crippen LogP contribution is -2.31. The summed E-state index contributed by atoms with van der Waals surface area (Å²) >= 11 is 0. The highest BCUT2D eigenvalue weighted by molar-refractivity contribution is 4.71. The minimum atomic E-state index is 0.424. The minimum absolute atomic E-state index is 0.424. The van der Waals surface area contributed by atoms with Crippen LogP contribution in [0.2, 0.25) is 0 Å². The zero-order valence-electron chi connectivity index (χ0n) is 4.91. The Labute approximate surface area is 49.6 Å². The summed E-state index contributed by atoms with van der Waals surface area (Å²) in [5.74, 6) is 0. The van der Waals surface area contributed by atoms with E-state index in [0.717, 1.165) is 19.5 Å². The largest absolute Gasteiger partial charge is 0.301 e. The van der Waals surface area contributed by atoms with Crippen molar-refractivity contribution < 1.29 is 0 Å². The van der Waals surface area contributed by atoms with Gasteiger partial charge in [-0.2, -0.15) is 0 Å². The minimum Gasteiger partial charge on any atom is -0.301 e. The number of hydrogen-bond acceptors (Lipinski definition) is 2. The Morgan fingerprint density at radius 3 is 2.50 bits per heavy atom. The van der Waals surface area contributed by atoms with Gasteiger partial charge in [-0.25, -0.2) is 0 Å². The first-order valence-electron chi connectivity index (χ1n) is 3.05. The maximum Gasteiger partial charge on any atom is 0.0585 e. The van der Waals surface area contributed by atoms with Gasteiger partial charge in [0.2, 0.25) is 0 Å². The van der Waals surface area contributed by atoms with Gasteiger partial charge >= 0.3 is 0 Å². The average Bonchev–Trinajstić information content (AvgIpc) is 2.19. The van der Waals surface area contributed by atoms with Crippen LogP contribution in [-0.4, -0.2) is 25.8 Å². The predicted molar refractivity (Wildman–Crippen MR) is 32.4 cm³/mol. The summed E-state index contributed by atoms with van der Waals surface area (Å²) in [6, 6.07) is 0. The van der Waals surface area contributed by atoms with Crippen molar-refractivity contribution in [1.29, 1.82) is 0 Å². The number of rotatable bonds is 2. The zero-order valence-corrected chi connectivity index (χ0v) is 4.91. The third-order valence-corrected chi connectivity index (χ3v) is 1.34. The lowest BCUT2D eigenvalue weighted by molar-refractivity contribution is 0.517. The quantitative estimate of drug-likeness (QED) is 0.492. The highest BCUT2D eigenvalue weighted by Gasteiger charge is 2.09. The van der Waals surface area contributed by atoms with Crippen LogP contribution < -0.4 is 16.4 Å². The summed E-state index contributed by atoms with van der Waals surface area (Å²) in [7, 11) is 0. The molecule has 0 saturated carbocycles. The van der Waals surface area contributed by atoms with Crippen LogP contribution in [0.15, 0.2) is 0 Å². The van der Waals surface area contributed by atoms with Crippen molar-refractivity contribution in [2.45, 2.75) is 12.6 Å². The van der Waals surface area contributed by atoms with Gasteiger partial charge < -0.3 is 10.6 Å². The van der Waals surface area contributed by atoms with Crippen LogP contribution in [0.1, 0.15) is 6.42 Å². The molecule has 0 aromatic rings. The molecule has 1 heterocycles. The van der Waals surface area contributed by atoms with Gasteiger partial charge in [-0.15, -0.1) is 0 Å². The van der Waals surface area contributed by atoms with Crippen LogP contribution >= 0.6 is 0 Å². The molecule has 0 bridgehead atoms. The van der Waals surface area contributed by atoms with E-state index in [2.05, 4.69) is 10.6 Å². The molecule has 47 valence electrons. The second-order valence-corrected chi connectivity index (χ2v) is 2.00. The summed E-state index contributed by atoms with van der Waals surface area (Å²) in [4.78, 5) is 0. The molecule has 0 aliphatic carbocycles. The highest BCUT2D eigenvalue weighted by atomic mass is 15.2. The zero-order chi connectivity index (χ0) is 5.82. The molecule has 0 spiro atoms. The van der Waals surface area contributed by atoms with E-state index >= 15 is 0 Å². The van der Waals surface area contributed by atoms with Gasteiger partial charge in [0.1, 0.15) is 0 Å². The van der Waals surface area contributed by atoms with Gasteiger partial charge in [0.15, 0.2) is 0 Å². The van der Waals surface area contributed by atoms with Gasteiger partial charge in [-0.05, 0) is 6.42 Å². The lowest BCUT2D eigenvalue weighted by atomic mass is 10.3. The Morgan fingerprint density at radius 1 is 1.38 bits per heavy atom. The van der Waals surface area contributed by atoms with E-state index in [1.165, 1.54) is 0 Å². The molecule has 3 nitrogen and oxygen atoms in total. The lowest BCUT2D eigenvalue weighted by Gasteiger charge is -2.06. The third-order valence-electron chi connectivity index (χ3n) is 1.34. The van der Waals surface area contributed by atoms with E-state index in [9.17, 15) is 0 Å². The average molecular weight is 114 g/mol. The van der Waals surface area contributed by atoms with E-state index in [1.54, 1.807) is 0 Å². The van der Waals surface area contributed by atoms with Crippen LogP contribution in [0.4, 0.5) is 0 Å². The van der Waals surface area contributed by atoms with Gasteiger partial charge in [0, 0.05) is 19.6 Å². The molecular formula is C5H12N3. The molecule has 3 N–H and O–H groups in total. The molecule has 1 saturated heterocycles. The molecule has 3 heteroatoms. The van der Waals surface area contributed by atoms with E-state index < -0.39 is 0 Å².